The molecule has 2 aromatic heterocycles. The van der Waals surface area contributed by atoms with Crippen LogP contribution in [0.2, 0.25) is 5.02 Å². The summed E-state index contributed by atoms with van der Waals surface area (Å²) in [6, 6.07) is 7.09. The molecule has 4 rings (SSSR count). The van der Waals surface area contributed by atoms with Crippen molar-refractivity contribution in [3.8, 4) is 0 Å². The van der Waals surface area contributed by atoms with E-state index in [1.807, 2.05) is 0 Å². The van der Waals surface area contributed by atoms with E-state index >= 15 is 0 Å². The van der Waals surface area contributed by atoms with E-state index in [0.29, 0.717) is 22.5 Å². The molecule has 0 bridgehead atoms. The van der Waals surface area contributed by atoms with E-state index < -0.39 is 29.4 Å². The van der Waals surface area contributed by atoms with Crippen molar-refractivity contribution < 1.29 is 27.2 Å². The smallest absolute Gasteiger partial charge is 0.365 e. The summed E-state index contributed by atoms with van der Waals surface area (Å²) in [5.41, 5.74) is -2.01. The highest BCUT2D eigenvalue weighted by Gasteiger charge is 2.46. The quantitative estimate of drug-likeness (QED) is 0.302. The largest absolute Gasteiger partial charge is 0.416 e. The van der Waals surface area contributed by atoms with Crippen LogP contribution in [0.25, 0.3) is 0 Å². The molecule has 2 atom stereocenters. The van der Waals surface area contributed by atoms with Gasteiger partial charge in [-0.05, 0) is 62.7 Å². The minimum Gasteiger partial charge on any atom is -0.365 e. The first-order valence-corrected chi connectivity index (χ1v) is 12.0. The van der Waals surface area contributed by atoms with Crippen LogP contribution in [-0.4, -0.2) is 39.6 Å². The molecule has 36 heavy (non-hydrogen) atoms. The minimum atomic E-state index is -4.79. The standard InChI is InChI=1S/C25H27ClF4N4O2/c1-15-9-21(36-33-15)13-24(22-8-7-18(26)14-31-22,34(2)23(35)32-20-5-3-4-6-20)16-10-17(25(28,29)30)12-19(27)11-16/h7-12,14,20,23,32,35H,3-6,13H2,1-2H3/t23?,24-/m0/s1. The van der Waals surface area contributed by atoms with Crippen LogP contribution in [-0.2, 0) is 18.1 Å². The molecule has 1 aromatic carbocycles. The van der Waals surface area contributed by atoms with Crippen molar-refractivity contribution in [2.24, 2.45) is 0 Å². The summed E-state index contributed by atoms with van der Waals surface area (Å²) in [6.45, 7) is 1.71. The van der Waals surface area contributed by atoms with Gasteiger partial charge in [-0.15, -0.1) is 0 Å². The fourth-order valence-corrected chi connectivity index (χ4v) is 4.95. The fraction of sp³-hybridized carbons (Fsp3) is 0.440. The summed E-state index contributed by atoms with van der Waals surface area (Å²) in [5, 5.41) is 18.6. The summed E-state index contributed by atoms with van der Waals surface area (Å²) in [5.74, 6) is -0.749. The van der Waals surface area contributed by atoms with Gasteiger partial charge in [0.25, 0.3) is 0 Å². The number of hydrogen-bond donors (Lipinski definition) is 2. The van der Waals surface area contributed by atoms with Crippen LogP contribution in [0, 0.1) is 12.7 Å². The van der Waals surface area contributed by atoms with Gasteiger partial charge in [-0.3, -0.25) is 15.2 Å². The van der Waals surface area contributed by atoms with Crippen molar-refractivity contribution in [3.05, 3.63) is 81.7 Å². The third-order valence-corrected chi connectivity index (χ3v) is 6.89. The second-order valence-electron chi connectivity index (χ2n) is 9.19. The lowest BCUT2D eigenvalue weighted by molar-refractivity contribution is -0.138. The van der Waals surface area contributed by atoms with Crippen molar-refractivity contribution in [2.75, 3.05) is 7.05 Å². The molecule has 1 saturated carbocycles. The Kier molecular flexibility index (Phi) is 7.70. The predicted octanol–water partition coefficient (Wildman–Crippen LogP) is 5.42. The number of nitrogens with one attached hydrogen (secondary N) is 1. The Morgan fingerprint density at radius 3 is 2.44 bits per heavy atom. The van der Waals surface area contributed by atoms with Crippen molar-refractivity contribution >= 4 is 11.6 Å². The van der Waals surface area contributed by atoms with Crippen LogP contribution >= 0.6 is 11.6 Å². The van der Waals surface area contributed by atoms with Gasteiger partial charge in [0.2, 0.25) is 0 Å². The third-order valence-electron chi connectivity index (χ3n) is 6.67. The first kappa shape index (κ1) is 26.5. The fourth-order valence-electron chi connectivity index (χ4n) is 4.84. The Balaban J connectivity index is 1.93. The molecule has 0 radical (unpaired) electrons. The second kappa shape index (κ2) is 10.5. The molecule has 2 N–H and O–H groups in total. The average molecular weight is 527 g/mol. The Morgan fingerprint density at radius 2 is 1.86 bits per heavy atom. The lowest BCUT2D eigenvalue weighted by Crippen LogP contribution is -2.58. The lowest BCUT2D eigenvalue weighted by atomic mass is 9.79. The van der Waals surface area contributed by atoms with Gasteiger partial charge in [0.05, 0.1) is 27.5 Å². The highest BCUT2D eigenvalue weighted by Crippen LogP contribution is 2.42. The zero-order chi connectivity index (χ0) is 26.1. The Bertz CT molecular complexity index is 1180. The van der Waals surface area contributed by atoms with Gasteiger partial charge in [0, 0.05) is 24.7 Å². The van der Waals surface area contributed by atoms with E-state index in [1.54, 1.807) is 32.2 Å². The van der Waals surface area contributed by atoms with Crippen molar-refractivity contribution in [3.63, 3.8) is 0 Å². The highest BCUT2D eigenvalue weighted by atomic mass is 35.5. The molecule has 1 aliphatic rings. The summed E-state index contributed by atoms with van der Waals surface area (Å²) in [7, 11) is 1.55. The molecule has 1 unspecified atom stereocenters. The van der Waals surface area contributed by atoms with Crippen LogP contribution < -0.4 is 5.32 Å². The van der Waals surface area contributed by atoms with E-state index in [2.05, 4.69) is 15.5 Å². The molecular weight excluding hydrogens is 500 g/mol. The van der Waals surface area contributed by atoms with E-state index in [4.69, 9.17) is 16.1 Å². The number of benzene rings is 1. The molecule has 1 fully saturated rings. The van der Waals surface area contributed by atoms with Gasteiger partial charge in [-0.1, -0.05) is 29.6 Å². The molecule has 11 heteroatoms. The summed E-state index contributed by atoms with van der Waals surface area (Å²) in [6.07, 6.45) is -1.10. The molecule has 2 heterocycles. The minimum absolute atomic E-state index is 0.0316. The molecular formula is C25H27ClF4N4O2. The van der Waals surface area contributed by atoms with Gasteiger partial charge < -0.3 is 9.63 Å². The number of likely N-dealkylation sites (N-methyl/N-ethyl adjacent to an activating group) is 1. The SMILES string of the molecule is Cc1cc(C[C@](c2cc(F)cc(C(F)(F)F)c2)(c2ccc(Cl)cn2)N(C)C(O)NC2CCCC2)on1. The number of halogens is 5. The molecule has 1 aliphatic carbocycles. The number of rotatable bonds is 8. The lowest BCUT2D eigenvalue weighted by Gasteiger charge is -2.44. The van der Waals surface area contributed by atoms with Gasteiger partial charge in [-0.25, -0.2) is 4.39 Å². The van der Waals surface area contributed by atoms with Crippen LogP contribution in [0.1, 0.15) is 54.0 Å². The van der Waals surface area contributed by atoms with Crippen molar-refractivity contribution in [1.29, 1.82) is 0 Å². The van der Waals surface area contributed by atoms with Crippen LogP contribution in [0.4, 0.5) is 17.6 Å². The Hall–Kier alpha value is -2.53. The first-order valence-electron chi connectivity index (χ1n) is 11.6. The maximum Gasteiger partial charge on any atom is 0.416 e. The monoisotopic (exact) mass is 526 g/mol. The summed E-state index contributed by atoms with van der Waals surface area (Å²) < 4.78 is 61.4. The van der Waals surface area contributed by atoms with Crippen molar-refractivity contribution in [1.82, 2.24) is 20.4 Å². The summed E-state index contributed by atoms with van der Waals surface area (Å²) in [4.78, 5) is 5.86. The second-order valence-corrected chi connectivity index (χ2v) is 9.63. The number of hydrogen-bond acceptors (Lipinski definition) is 6. The highest BCUT2D eigenvalue weighted by molar-refractivity contribution is 6.30. The molecule has 0 saturated heterocycles. The molecule has 6 nitrogen and oxygen atoms in total. The molecule has 3 aromatic rings. The average Bonchev–Trinajstić information content (AvgIpc) is 3.48. The first-order chi connectivity index (χ1) is 17.0. The number of alkyl halides is 3. The van der Waals surface area contributed by atoms with E-state index in [0.717, 1.165) is 37.8 Å². The number of aryl methyl sites for hydroxylation is 1. The normalized spacial score (nSPS) is 17.5. The third kappa shape index (κ3) is 5.56. The van der Waals surface area contributed by atoms with Crippen molar-refractivity contribution in [2.45, 2.75) is 63.1 Å². The molecule has 0 aliphatic heterocycles. The number of pyridine rings is 1. The van der Waals surface area contributed by atoms with Crippen LogP contribution in [0.3, 0.4) is 0 Å². The number of aromatic nitrogens is 2. The maximum absolute atomic E-state index is 14.7. The van der Waals surface area contributed by atoms with Crippen LogP contribution in [0.5, 0.6) is 0 Å². The van der Waals surface area contributed by atoms with E-state index in [9.17, 15) is 22.7 Å². The topological polar surface area (TPSA) is 74.4 Å². The van der Waals surface area contributed by atoms with Gasteiger partial charge in [-0.2, -0.15) is 13.2 Å². The molecule has 0 spiro atoms. The Labute approximate surface area is 211 Å². The van der Waals surface area contributed by atoms with Gasteiger partial charge >= 0.3 is 6.18 Å². The number of aliphatic hydroxyl groups is 1. The van der Waals surface area contributed by atoms with Gasteiger partial charge in [0.15, 0.2) is 6.35 Å². The number of aliphatic hydroxyl groups excluding tert-OH is 1. The Morgan fingerprint density at radius 1 is 1.17 bits per heavy atom. The zero-order valence-electron chi connectivity index (χ0n) is 19.8. The molecule has 0 amide bonds. The predicted molar refractivity (Wildman–Crippen MR) is 126 cm³/mol. The van der Waals surface area contributed by atoms with Crippen LogP contribution in [0.15, 0.2) is 47.1 Å². The maximum atomic E-state index is 14.7. The van der Waals surface area contributed by atoms with E-state index in [1.165, 1.54) is 11.1 Å². The van der Waals surface area contributed by atoms with E-state index in [-0.39, 0.29) is 23.7 Å². The molecule has 194 valence electrons. The zero-order valence-corrected chi connectivity index (χ0v) is 20.6. The summed E-state index contributed by atoms with van der Waals surface area (Å²) >= 11 is 6.06. The number of nitrogens with zero attached hydrogens (tertiary/aromatic N) is 3. The van der Waals surface area contributed by atoms with Gasteiger partial charge in [0.1, 0.15) is 11.6 Å².